The number of hydrogen-bond acceptors (Lipinski definition) is 3. The van der Waals surface area contributed by atoms with Crippen LogP contribution < -0.4 is 5.32 Å². The number of fused-ring (bicyclic) bond motifs is 1. The van der Waals surface area contributed by atoms with Crippen LogP contribution in [0.25, 0.3) is 11.0 Å². The monoisotopic (exact) mass is 261 g/mol. The molecular formula is C15H23N3O. The summed E-state index contributed by atoms with van der Waals surface area (Å²) < 4.78 is 1.98. The highest BCUT2D eigenvalue weighted by Gasteiger charge is 2.23. The van der Waals surface area contributed by atoms with Gasteiger partial charge in [-0.1, -0.05) is 26.8 Å². The van der Waals surface area contributed by atoms with Crippen molar-refractivity contribution in [2.75, 3.05) is 6.54 Å². The lowest BCUT2D eigenvalue weighted by Crippen LogP contribution is -2.39. The van der Waals surface area contributed by atoms with Crippen molar-refractivity contribution in [2.45, 2.75) is 32.9 Å². The van der Waals surface area contributed by atoms with Gasteiger partial charge in [-0.3, -0.25) is 0 Å². The molecule has 1 aromatic carbocycles. The van der Waals surface area contributed by atoms with Crippen molar-refractivity contribution >= 4 is 11.0 Å². The van der Waals surface area contributed by atoms with E-state index in [2.05, 4.69) is 31.1 Å². The molecule has 0 aliphatic rings. The van der Waals surface area contributed by atoms with Crippen LogP contribution in [-0.4, -0.2) is 27.2 Å². The van der Waals surface area contributed by atoms with E-state index < -0.39 is 6.10 Å². The summed E-state index contributed by atoms with van der Waals surface area (Å²) in [6.45, 7) is 7.15. The molecule has 1 heterocycles. The highest BCUT2D eigenvalue weighted by molar-refractivity contribution is 5.76. The fourth-order valence-electron chi connectivity index (χ4n) is 2.49. The largest absolute Gasteiger partial charge is 0.387 e. The molecule has 19 heavy (non-hydrogen) atoms. The summed E-state index contributed by atoms with van der Waals surface area (Å²) in [6, 6.07) is 6.05. The van der Waals surface area contributed by atoms with Gasteiger partial charge in [0, 0.05) is 13.1 Å². The van der Waals surface area contributed by atoms with Gasteiger partial charge in [0.15, 0.2) is 0 Å². The second-order valence-corrected chi connectivity index (χ2v) is 5.38. The first-order valence-electron chi connectivity index (χ1n) is 6.87. The normalized spacial score (nSPS) is 15.1. The van der Waals surface area contributed by atoms with E-state index in [0.717, 1.165) is 23.1 Å². The van der Waals surface area contributed by atoms with Gasteiger partial charge in [-0.05, 0) is 30.2 Å². The first-order chi connectivity index (χ1) is 9.04. The average molecular weight is 261 g/mol. The van der Waals surface area contributed by atoms with Gasteiger partial charge in [-0.25, -0.2) is 4.98 Å². The standard InChI is InChI=1S/C15H23N3O/c1-5-16-14(10(2)3)15(19)11-6-7-13-12(8-11)17-9-18(13)4/h6-10,14-16,19H,5H2,1-4H3. The first-order valence-corrected chi connectivity index (χ1v) is 6.87. The summed E-state index contributed by atoms with van der Waals surface area (Å²) in [5.41, 5.74) is 2.93. The predicted molar refractivity (Wildman–Crippen MR) is 78.0 cm³/mol. The molecule has 2 atom stereocenters. The maximum absolute atomic E-state index is 10.6. The van der Waals surface area contributed by atoms with Gasteiger partial charge >= 0.3 is 0 Å². The van der Waals surface area contributed by atoms with E-state index >= 15 is 0 Å². The molecular weight excluding hydrogens is 238 g/mol. The van der Waals surface area contributed by atoms with Crippen molar-refractivity contribution in [1.82, 2.24) is 14.9 Å². The molecule has 104 valence electrons. The Bertz CT molecular complexity index is 547. The summed E-state index contributed by atoms with van der Waals surface area (Å²) in [5, 5.41) is 13.9. The van der Waals surface area contributed by atoms with Crippen LogP contribution in [-0.2, 0) is 7.05 Å². The average Bonchev–Trinajstić information content (AvgIpc) is 2.76. The van der Waals surface area contributed by atoms with Gasteiger partial charge in [-0.2, -0.15) is 0 Å². The van der Waals surface area contributed by atoms with Gasteiger partial charge in [0.05, 0.1) is 23.5 Å². The number of nitrogens with one attached hydrogen (secondary N) is 1. The highest BCUT2D eigenvalue weighted by Crippen LogP contribution is 2.24. The minimum absolute atomic E-state index is 0.0613. The molecule has 0 radical (unpaired) electrons. The number of rotatable bonds is 5. The molecule has 0 aliphatic heterocycles. The van der Waals surface area contributed by atoms with Crippen LogP contribution >= 0.6 is 0 Å². The molecule has 2 rings (SSSR count). The molecule has 2 unspecified atom stereocenters. The van der Waals surface area contributed by atoms with Crippen molar-refractivity contribution in [3.05, 3.63) is 30.1 Å². The highest BCUT2D eigenvalue weighted by atomic mass is 16.3. The molecule has 0 saturated heterocycles. The third-order valence-electron chi connectivity index (χ3n) is 3.59. The molecule has 0 saturated carbocycles. The van der Waals surface area contributed by atoms with Crippen molar-refractivity contribution in [2.24, 2.45) is 13.0 Å². The number of aliphatic hydroxyl groups is 1. The van der Waals surface area contributed by atoms with Gasteiger partial charge in [-0.15, -0.1) is 0 Å². The van der Waals surface area contributed by atoms with Crippen molar-refractivity contribution in [3.8, 4) is 0 Å². The molecule has 0 spiro atoms. The first kappa shape index (κ1) is 14.0. The number of aryl methyl sites for hydroxylation is 1. The summed E-state index contributed by atoms with van der Waals surface area (Å²) in [7, 11) is 1.97. The lowest BCUT2D eigenvalue weighted by Gasteiger charge is -2.27. The molecule has 4 heteroatoms. The van der Waals surface area contributed by atoms with Crippen LogP contribution in [0.15, 0.2) is 24.5 Å². The molecule has 1 aromatic heterocycles. The Morgan fingerprint density at radius 3 is 2.74 bits per heavy atom. The number of hydrogen-bond donors (Lipinski definition) is 2. The van der Waals surface area contributed by atoms with E-state index in [9.17, 15) is 5.11 Å². The number of aromatic nitrogens is 2. The smallest absolute Gasteiger partial charge is 0.0955 e. The van der Waals surface area contributed by atoms with Crippen LogP contribution in [0.3, 0.4) is 0 Å². The predicted octanol–water partition coefficient (Wildman–Crippen LogP) is 2.24. The summed E-state index contributed by atoms with van der Waals surface area (Å²) in [6.07, 6.45) is 1.29. The zero-order chi connectivity index (χ0) is 14.0. The Balaban J connectivity index is 2.31. The van der Waals surface area contributed by atoms with Crippen LogP contribution in [0, 0.1) is 5.92 Å². The van der Waals surface area contributed by atoms with Crippen LogP contribution in [0.2, 0.25) is 0 Å². The third-order valence-corrected chi connectivity index (χ3v) is 3.59. The number of nitrogens with zero attached hydrogens (tertiary/aromatic N) is 2. The van der Waals surface area contributed by atoms with E-state index in [-0.39, 0.29) is 6.04 Å². The topological polar surface area (TPSA) is 50.1 Å². The lowest BCUT2D eigenvalue weighted by atomic mass is 9.93. The van der Waals surface area contributed by atoms with Crippen LogP contribution in [0.4, 0.5) is 0 Å². The zero-order valence-corrected chi connectivity index (χ0v) is 12.1. The van der Waals surface area contributed by atoms with E-state index in [1.165, 1.54) is 0 Å². The number of aliphatic hydroxyl groups excluding tert-OH is 1. The van der Waals surface area contributed by atoms with E-state index in [1.54, 1.807) is 6.33 Å². The quantitative estimate of drug-likeness (QED) is 0.868. The summed E-state index contributed by atoms with van der Waals surface area (Å²) >= 11 is 0. The second kappa shape index (κ2) is 5.72. The van der Waals surface area contributed by atoms with Gasteiger partial charge in [0.1, 0.15) is 0 Å². The SMILES string of the molecule is CCNC(C(C)C)C(O)c1ccc2c(c1)ncn2C. The van der Waals surface area contributed by atoms with Crippen LogP contribution in [0.5, 0.6) is 0 Å². The molecule has 0 fully saturated rings. The molecule has 0 bridgehead atoms. The minimum Gasteiger partial charge on any atom is -0.387 e. The molecule has 0 amide bonds. The summed E-state index contributed by atoms with van der Waals surface area (Å²) in [5.74, 6) is 0.370. The fourth-order valence-corrected chi connectivity index (χ4v) is 2.49. The molecule has 2 aromatic rings. The van der Waals surface area contributed by atoms with E-state index in [1.807, 2.05) is 29.8 Å². The van der Waals surface area contributed by atoms with Gasteiger partial charge in [0.25, 0.3) is 0 Å². The number of benzene rings is 1. The Hall–Kier alpha value is -1.39. The second-order valence-electron chi connectivity index (χ2n) is 5.38. The van der Waals surface area contributed by atoms with E-state index in [4.69, 9.17) is 0 Å². The van der Waals surface area contributed by atoms with Gasteiger partial charge in [0.2, 0.25) is 0 Å². The number of imidazole rings is 1. The van der Waals surface area contributed by atoms with Gasteiger partial charge < -0.3 is 15.0 Å². The fraction of sp³-hybridized carbons (Fsp3) is 0.533. The third kappa shape index (κ3) is 2.80. The van der Waals surface area contributed by atoms with E-state index in [0.29, 0.717) is 5.92 Å². The number of likely N-dealkylation sites (N-methyl/N-ethyl adjacent to an activating group) is 1. The van der Waals surface area contributed by atoms with Crippen molar-refractivity contribution < 1.29 is 5.11 Å². The Morgan fingerprint density at radius 2 is 2.11 bits per heavy atom. The van der Waals surface area contributed by atoms with Crippen molar-refractivity contribution in [1.29, 1.82) is 0 Å². The Morgan fingerprint density at radius 1 is 1.37 bits per heavy atom. The molecule has 4 nitrogen and oxygen atoms in total. The Kier molecular flexibility index (Phi) is 4.22. The maximum atomic E-state index is 10.6. The summed E-state index contributed by atoms with van der Waals surface area (Å²) in [4.78, 5) is 4.34. The lowest BCUT2D eigenvalue weighted by molar-refractivity contribution is 0.106. The molecule has 2 N–H and O–H groups in total. The minimum atomic E-state index is -0.508. The van der Waals surface area contributed by atoms with Crippen molar-refractivity contribution in [3.63, 3.8) is 0 Å². The van der Waals surface area contributed by atoms with Crippen LogP contribution in [0.1, 0.15) is 32.4 Å². The zero-order valence-electron chi connectivity index (χ0n) is 12.1. The Labute approximate surface area is 114 Å². The molecule has 0 aliphatic carbocycles. The maximum Gasteiger partial charge on any atom is 0.0955 e.